The molecular formula is C26H48N6O2S. The third kappa shape index (κ3) is 9.50. The van der Waals surface area contributed by atoms with Crippen LogP contribution >= 0.6 is 12.2 Å². The Morgan fingerprint density at radius 3 is 1.74 bits per heavy atom. The first-order valence-electron chi connectivity index (χ1n) is 12.3. The molecule has 0 aliphatic rings. The summed E-state index contributed by atoms with van der Waals surface area (Å²) in [5.41, 5.74) is -1.96. The fourth-order valence-corrected chi connectivity index (χ4v) is 4.28. The van der Waals surface area contributed by atoms with Crippen LogP contribution in [0.3, 0.4) is 0 Å². The number of Topliss-reactive ketones (excluding diaryl/α,β-unsaturated/α-hetero) is 1. The molecule has 1 rings (SSSR count). The van der Waals surface area contributed by atoms with Crippen molar-refractivity contribution in [3.8, 4) is 0 Å². The Kier molecular flexibility index (Phi) is 9.32. The Balaban J connectivity index is 3.01. The highest BCUT2D eigenvalue weighted by atomic mass is 32.1. The zero-order valence-electron chi connectivity index (χ0n) is 24.1. The molecule has 35 heavy (non-hydrogen) atoms. The molecule has 1 aromatic heterocycles. The van der Waals surface area contributed by atoms with Gasteiger partial charge >= 0.3 is 0 Å². The minimum absolute atomic E-state index is 0.0285. The van der Waals surface area contributed by atoms with E-state index in [1.165, 1.54) is 0 Å². The van der Waals surface area contributed by atoms with E-state index in [1.54, 1.807) is 6.92 Å². The lowest BCUT2D eigenvalue weighted by Crippen LogP contribution is -2.55. The van der Waals surface area contributed by atoms with Gasteiger partial charge in [0.25, 0.3) is 0 Å². The van der Waals surface area contributed by atoms with Gasteiger partial charge in [0.05, 0.1) is 0 Å². The summed E-state index contributed by atoms with van der Waals surface area (Å²) in [4.78, 5) is 36.7. The smallest absolute Gasteiger partial charge is 0.226 e. The third-order valence-corrected chi connectivity index (χ3v) is 7.04. The monoisotopic (exact) mass is 508 g/mol. The quantitative estimate of drug-likeness (QED) is 0.276. The zero-order chi connectivity index (χ0) is 27.6. The summed E-state index contributed by atoms with van der Waals surface area (Å²) >= 11 is 5.30. The normalized spacial score (nSPS) is 14.3. The molecule has 1 atom stereocenters. The molecule has 0 aliphatic carbocycles. The van der Waals surface area contributed by atoms with Crippen molar-refractivity contribution < 1.29 is 9.59 Å². The van der Waals surface area contributed by atoms with Crippen molar-refractivity contribution in [2.45, 2.75) is 119 Å². The molecule has 1 unspecified atom stereocenters. The van der Waals surface area contributed by atoms with E-state index in [2.05, 4.69) is 65.5 Å². The van der Waals surface area contributed by atoms with Gasteiger partial charge in [-0.1, -0.05) is 41.5 Å². The predicted molar refractivity (Wildman–Crippen MR) is 147 cm³/mol. The molecule has 200 valence electrons. The summed E-state index contributed by atoms with van der Waals surface area (Å²) in [6.45, 7) is 25.9. The van der Waals surface area contributed by atoms with Gasteiger partial charge in [-0.3, -0.25) is 14.6 Å². The second kappa shape index (κ2) is 10.5. The van der Waals surface area contributed by atoms with Crippen LogP contribution in [0, 0.1) is 21.5 Å². The Hall–Kier alpha value is -2.03. The maximum absolute atomic E-state index is 13.1. The van der Waals surface area contributed by atoms with E-state index >= 15 is 0 Å². The fourth-order valence-electron chi connectivity index (χ4n) is 4.10. The number of nitrogens with zero attached hydrogens (tertiary/aromatic N) is 2. The van der Waals surface area contributed by atoms with Crippen molar-refractivity contribution in [1.29, 1.82) is 0 Å². The second-order valence-corrected chi connectivity index (χ2v) is 13.8. The number of rotatable bonds is 11. The van der Waals surface area contributed by atoms with Gasteiger partial charge in [0.2, 0.25) is 22.6 Å². The van der Waals surface area contributed by atoms with Gasteiger partial charge < -0.3 is 16.0 Å². The van der Waals surface area contributed by atoms with Crippen molar-refractivity contribution in [3.05, 3.63) is 4.77 Å². The van der Waals surface area contributed by atoms with Gasteiger partial charge in [0, 0.05) is 27.9 Å². The van der Waals surface area contributed by atoms with Crippen LogP contribution in [-0.2, 0) is 9.59 Å². The van der Waals surface area contributed by atoms with Crippen LogP contribution in [-0.4, -0.2) is 43.3 Å². The first kappa shape index (κ1) is 31.0. The SMILES string of the molecule is CC(=O)C(C)CC(C)(C)Nc1nc(=S)nc(NC(C)(C)CC(C)(C)NC(=O)C(C)(C)C(C)(C)C)[nH]1. The molecule has 0 radical (unpaired) electrons. The zero-order valence-corrected chi connectivity index (χ0v) is 24.9. The number of carbonyl (C=O) groups excluding carboxylic acids is 2. The Bertz CT molecular complexity index is 973. The first-order chi connectivity index (χ1) is 15.5. The molecule has 1 aromatic rings. The molecule has 0 saturated heterocycles. The highest BCUT2D eigenvalue weighted by molar-refractivity contribution is 7.71. The summed E-state index contributed by atoms with van der Waals surface area (Å²) in [6.07, 6.45) is 1.29. The summed E-state index contributed by atoms with van der Waals surface area (Å²) in [7, 11) is 0. The number of hydrogen-bond donors (Lipinski definition) is 4. The van der Waals surface area contributed by atoms with Gasteiger partial charge in [-0.15, -0.1) is 0 Å². The van der Waals surface area contributed by atoms with Crippen LogP contribution in [0.15, 0.2) is 0 Å². The molecule has 1 heterocycles. The molecule has 0 fully saturated rings. The number of ketones is 1. The van der Waals surface area contributed by atoms with Crippen molar-refractivity contribution in [2.24, 2.45) is 16.7 Å². The van der Waals surface area contributed by atoms with Gasteiger partial charge in [0.15, 0.2) is 0 Å². The summed E-state index contributed by atoms with van der Waals surface area (Å²) < 4.78 is 0.208. The summed E-state index contributed by atoms with van der Waals surface area (Å²) in [5.74, 6) is 1.09. The number of hydrogen-bond acceptors (Lipinski definition) is 7. The van der Waals surface area contributed by atoms with Crippen LogP contribution < -0.4 is 16.0 Å². The molecular weight excluding hydrogens is 460 g/mol. The van der Waals surface area contributed by atoms with Crippen LogP contribution in [0.4, 0.5) is 11.9 Å². The first-order valence-corrected chi connectivity index (χ1v) is 12.7. The standard InChI is InChI=1S/C26H48N6O2S/c1-16(17(2)33)14-23(6,7)31-19-27-20(29-21(35)28-19)32-25(10,11)15-24(8,9)30-18(34)26(12,13)22(3,4)5/h16H,14-15H2,1-13H3,(H,30,34)(H3,27,28,29,31,32,35). The minimum atomic E-state index is -0.521. The number of anilines is 2. The number of aromatic nitrogens is 3. The van der Waals surface area contributed by atoms with Crippen molar-refractivity contribution in [2.75, 3.05) is 10.6 Å². The van der Waals surface area contributed by atoms with Crippen LogP contribution in [0.25, 0.3) is 0 Å². The van der Waals surface area contributed by atoms with Crippen LogP contribution in [0.5, 0.6) is 0 Å². The average molecular weight is 509 g/mol. The lowest BCUT2D eigenvalue weighted by molar-refractivity contribution is -0.136. The van der Waals surface area contributed by atoms with Crippen molar-refractivity contribution in [3.63, 3.8) is 0 Å². The molecule has 0 aromatic carbocycles. The number of nitrogens with one attached hydrogen (secondary N) is 4. The van der Waals surface area contributed by atoms with Gasteiger partial charge in [-0.2, -0.15) is 9.97 Å². The van der Waals surface area contributed by atoms with Crippen molar-refractivity contribution >= 4 is 35.8 Å². The van der Waals surface area contributed by atoms with Crippen LogP contribution in [0.1, 0.15) is 103 Å². The van der Waals surface area contributed by atoms with E-state index in [-0.39, 0.29) is 33.3 Å². The largest absolute Gasteiger partial charge is 0.351 e. The van der Waals surface area contributed by atoms with Crippen molar-refractivity contribution in [1.82, 2.24) is 20.3 Å². The van der Waals surface area contributed by atoms with E-state index < -0.39 is 16.5 Å². The maximum Gasteiger partial charge on any atom is 0.226 e. The molecule has 0 aliphatic heterocycles. The molecule has 0 bridgehead atoms. The number of carbonyl (C=O) groups is 2. The van der Waals surface area contributed by atoms with E-state index in [9.17, 15) is 9.59 Å². The molecule has 0 spiro atoms. The Morgan fingerprint density at radius 2 is 1.31 bits per heavy atom. The molecule has 1 amide bonds. The average Bonchev–Trinajstić information content (AvgIpc) is 2.56. The number of aromatic amines is 1. The lowest BCUT2D eigenvalue weighted by Gasteiger charge is -2.42. The van der Waals surface area contributed by atoms with Crippen LogP contribution in [0.2, 0.25) is 0 Å². The topological polar surface area (TPSA) is 112 Å². The lowest BCUT2D eigenvalue weighted by atomic mass is 9.68. The van der Waals surface area contributed by atoms with Gasteiger partial charge in [-0.25, -0.2) is 0 Å². The molecule has 0 saturated carbocycles. The molecule has 4 N–H and O–H groups in total. The van der Waals surface area contributed by atoms with E-state index in [0.717, 1.165) is 0 Å². The highest BCUT2D eigenvalue weighted by Crippen LogP contribution is 2.38. The predicted octanol–water partition coefficient (Wildman–Crippen LogP) is 5.89. The fraction of sp³-hybridized carbons (Fsp3) is 0.808. The van der Waals surface area contributed by atoms with Gasteiger partial charge in [-0.05, 0) is 78.9 Å². The maximum atomic E-state index is 13.1. The van der Waals surface area contributed by atoms with E-state index in [4.69, 9.17) is 12.2 Å². The molecule has 9 heteroatoms. The van der Waals surface area contributed by atoms with Gasteiger partial charge in [0.1, 0.15) is 5.78 Å². The number of amides is 1. The minimum Gasteiger partial charge on any atom is -0.351 e. The summed E-state index contributed by atoms with van der Waals surface area (Å²) in [5, 5.41) is 10.0. The Morgan fingerprint density at radius 1 is 0.857 bits per heavy atom. The second-order valence-electron chi connectivity index (χ2n) is 13.5. The van der Waals surface area contributed by atoms with E-state index in [0.29, 0.717) is 24.7 Å². The third-order valence-electron chi connectivity index (χ3n) is 6.85. The highest BCUT2D eigenvalue weighted by Gasteiger charge is 2.42. The Labute approximate surface area is 217 Å². The summed E-state index contributed by atoms with van der Waals surface area (Å²) in [6, 6.07) is 0. The number of H-pyrrole nitrogens is 1. The molecule has 8 nitrogen and oxygen atoms in total. The van der Waals surface area contributed by atoms with E-state index in [1.807, 2.05) is 48.5 Å².